The first-order valence-electron chi connectivity index (χ1n) is 8.65. The maximum absolute atomic E-state index is 13.4. The Balaban J connectivity index is 2.95. The van der Waals surface area contributed by atoms with E-state index in [2.05, 4.69) is 20.1 Å². The van der Waals surface area contributed by atoms with Crippen LogP contribution in [-0.2, 0) is 35.1 Å². The van der Waals surface area contributed by atoms with Gasteiger partial charge >= 0.3 is 11.9 Å². The van der Waals surface area contributed by atoms with Crippen LogP contribution in [0.15, 0.2) is 24.3 Å². The third-order valence-corrected chi connectivity index (χ3v) is 4.02. The highest BCUT2D eigenvalue weighted by atomic mass is 19.1. The summed E-state index contributed by atoms with van der Waals surface area (Å²) in [7, 11) is 2.37. The van der Waals surface area contributed by atoms with E-state index in [9.17, 15) is 23.6 Å². The number of carbonyl (C=O) groups excluding carboxylic acids is 4. The molecule has 1 aromatic carbocycles. The van der Waals surface area contributed by atoms with Gasteiger partial charge in [0.15, 0.2) is 0 Å². The van der Waals surface area contributed by atoms with Gasteiger partial charge in [-0.25, -0.2) is 9.18 Å². The first kappa shape index (κ1) is 23.1. The van der Waals surface area contributed by atoms with E-state index in [4.69, 9.17) is 0 Å². The molecule has 0 bridgehead atoms. The molecule has 0 aliphatic heterocycles. The predicted molar refractivity (Wildman–Crippen MR) is 97.5 cm³/mol. The van der Waals surface area contributed by atoms with Crippen molar-refractivity contribution in [1.82, 2.24) is 10.6 Å². The van der Waals surface area contributed by atoms with Crippen LogP contribution in [0.3, 0.4) is 0 Å². The first-order valence-corrected chi connectivity index (χ1v) is 8.65. The SMILES string of the molecule is COC(=O)[C@H](C)C[C@@H](NC(=O)[C@@H](Cc1cccc(F)c1)NC(C)=O)C(=O)OC. The van der Waals surface area contributed by atoms with Gasteiger partial charge in [0.25, 0.3) is 0 Å². The Morgan fingerprint density at radius 3 is 2.21 bits per heavy atom. The van der Waals surface area contributed by atoms with Crippen molar-refractivity contribution in [2.45, 2.75) is 38.8 Å². The minimum atomic E-state index is -1.12. The molecule has 1 rings (SSSR count). The standard InChI is InChI=1S/C19H25FN2O6/c1-11(18(25)27-3)8-16(19(26)28-4)22-17(24)15(21-12(2)23)10-13-6-5-7-14(20)9-13/h5-7,9,11,15-16H,8,10H2,1-4H3,(H,21,23)(H,22,24)/t11-,15-,16-/m1/s1. The molecular weight excluding hydrogens is 371 g/mol. The van der Waals surface area contributed by atoms with Crippen LogP contribution in [0.5, 0.6) is 0 Å². The van der Waals surface area contributed by atoms with Crippen LogP contribution in [0.25, 0.3) is 0 Å². The van der Waals surface area contributed by atoms with Gasteiger partial charge in [-0.3, -0.25) is 14.4 Å². The number of benzene rings is 1. The average Bonchev–Trinajstić information content (AvgIpc) is 2.65. The van der Waals surface area contributed by atoms with Crippen LogP contribution in [0.4, 0.5) is 4.39 Å². The lowest BCUT2D eigenvalue weighted by Crippen LogP contribution is -2.53. The molecular formula is C19H25FN2O6. The van der Waals surface area contributed by atoms with Crippen molar-refractivity contribution in [3.05, 3.63) is 35.6 Å². The van der Waals surface area contributed by atoms with Crippen LogP contribution in [0.1, 0.15) is 25.8 Å². The summed E-state index contributed by atoms with van der Waals surface area (Å²) >= 11 is 0. The fourth-order valence-electron chi connectivity index (χ4n) is 2.63. The summed E-state index contributed by atoms with van der Waals surface area (Å²) in [5.41, 5.74) is 0.492. The van der Waals surface area contributed by atoms with Crippen molar-refractivity contribution < 1.29 is 33.0 Å². The number of ether oxygens (including phenoxy) is 2. The lowest BCUT2D eigenvalue weighted by molar-refractivity contribution is -0.149. The van der Waals surface area contributed by atoms with Gasteiger partial charge in [0.05, 0.1) is 20.1 Å². The quantitative estimate of drug-likeness (QED) is 0.596. The Bertz CT molecular complexity index is 724. The fourth-order valence-corrected chi connectivity index (χ4v) is 2.63. The van der Waals surface area contributed by atoms with Gasteiger partial charge in [0.2, 0.25) is 11.8 Å². The van der Waals surface area contributed by atoms with E-state index in [1.807, 2.05) is 0 Å². The lowest BCUT2D eigenvalue weighted by Gasteiger charge is -2.23. The molecule has 154 valence electrons. The zero-order chi connectivity index (χ0) is 21.3. The van der Waals surface area contributed by atoms with Crippen LogP contribution < -0.4 is 10.6 Å². The molecule has 0 heterocycles. The minimum Gasteiger partial charge on any atom is -0.469 e. The van der Waals surface area contributed by atoms with E-state index in [1.54, 1.807) is 13.0 Å². The lowest BCUT2D eigenvalue weighted by atomic mass is 10.0. The summed E-state index contributed by atoms with van der Waals surface area (Å²) in [6.07, 6.45) is -0.0263. The Morgan fingerprint density at radius 1 is 1.04 bits per heavy atom. The van der Waals surface area contributed by atoms with E-state index in [0.717, 1.165) is 7.11 Å². The zero-order valence-corrected chi connectivity index (χ0v) is 16.3. The van der Waals surface area contributed by atoms with Gasteiger partial charge in [-0.15, -0.1) is 0 Å². The number of esters is 2. The first-order chi connectivity index (χ1) is 13.2. The van der Waals surface area contributed by atoms with Gasteiger partial charge in [0, 0.05) is 13.3 Å². The molecule has 0 aliphatic rings. The Hall–Kier alpha value is -2.97. The number of hydrogen-bond acceptors (Lipinski definition) is 6. The van der Waals surface area contributed by atoms with Crippen LogP contribution in [0, 0.1) is 11.7 Å². The highest BCUT2D eigenvalue weighted by molar-refractivity contribution is 5.90. The van der Waals surface area contributed by atoms with Crippen molar-refractivity contribution in [2.75, 3.05) is 14.2 Å². The molecule has 0 spiro atoms. The van der Waals surface area contributed by atoms with E-state index in [1.165, 1.54) is 32.2 Å². The predicted octanol–water partition coefficient (Wildman–Crippen LogP) is 0.730. The molecule has 28 heavy (non-hydrogen) atoms. The van der Waals surface area contributed by atoms with E-state index in [0.29, 0.717) is 5.56 Å². The van der Waals surface area contributed by atoms with Gasteiger partial charge in [-0.05, 0) is 24.1 Å². The summed E-state index contributed by atoms with van der Waals surface area (Å²) in [5.74, 6) is -3.55. The Labute approximate surface area is 162 Å². The number of carbonyl (C=O) groups is 4. The van der Waals surface area contributed by atoms with Crippen LogP contribution in [-0.4, -0.2) is 50.1 Å². The molecule has 3 atom stereocenters. The van der Waals surface area contributed by atoms with Gasteiger partial charge in [-0.1, -0.05) is 19.1 Å². The summed E-state index contributed by atoms with van der Waals surface area (Å²) in [4.78, 5) is 47.8. The average molecular weight is 396 g/mol. The van der Waals surface area contributed by atoms with E-state index < -0.39 is 47.6 Å². The summed E-state index contributed by atoms with van der Waals surface area (Å²) in [5, 5.41) is 4.97. The molecule has 0 fully saturated rings. The number of rotatable bonds is 9. The second-order valence-corrected chi connectivity index (χ2v) is 6.33. The van der Waals surface area contributed by atoms with Gasteiger partial charge in [0.1, 0.15) is 17.9 Å². The van der Waals surface area contributed by atoms with Crippen molar-refractivity contribution in [2.24, 2.45) is 5.92 Å². The van der Waals surface area contributed by atoms with Crippen LogP contribution in [0.2, 0.25) is 0 Å². The molecule has 0 aliphatic carbocycles. The molecule has 0 saturated heterocycles. The zero-order valence-electron chi connectivity index (χ0n) is 16.3. The van der Waals surface area contributed by atoms with Crippen molar-refractivity contribution in [1.29, 1.82) is 0 Å². The molecule has 0 aromatic heterocycles. The monoisotopic (exact) mass is 396 g/mol. The molecule has 2 N–H and O–H groups in total. The van der Waals surface area contributed by atoms with Gasteiger partial charge in [-0.2, -0.15) is 0 Å². The number of halogens is 1. The Kier molecular flexibility index (Phi) is 9.07. The summed E-state index contributed by atoms with van der Waals surface area (Å²) < 4.78 is 22.7. The van der Waals surface area contributed by atoms with Crippen LogP contribution >= 0.6 is 0 Å². The molecule has 9 heteroatoms. The molecule has 8 nitrogen and oxygen atoms in total. The second kappa shape index (κ2) is 11.0. The van der Waals surface area contributed by atoms with E-state index in [-0.39, 0.29) is 12.8 Å². The number of nitrogens with one attached hydrogen (secondary N) is 2. The molecule has 2 amide bonds. The van der Waals surface area contributed by atoms with E-state index >= 15 is 0 Å². The summed E-state index contributed by atoms with van der Waals surface area (Å²) in [6, 6.07) is 3.46. The van der Waals surface area contributed by atoms with Crippen molar-refractivity contribution in [3.8, 4) is 0 Å². The van der Waals surface area contributed by atoms with Crippen molar-refractivity contribution >= 4 is 23.8 Å². The largest absolute Gasteiger partial charge is 0.469 e. The maximum Gasteiger partial charge on any atom is 0.328 e. The Morgan fingerprint density at radius 2 is 1.68 bits per heavy atom. The topological polar surface area (TPSA) is 111 Å². The molecule has 0 radical (unpaired) electrons. The molecule has 0 unspecified atom stereocenters. The molecule has 0 saturated carbocycles. The van der Waals surface area contributed by atoms with Crippen molar-refractivity contribution in [3.63, 3.8) is 0 Å². The van der Waals surface area contributed by atoms with Gasteiger partial charge < -0.3 is 20.1 Å². The third-order valence-electron chi connectivity index (χ3n) is 4.02. The summed E-state index contributed by atoms with van der Waals surface area (Å²) in [6.45, 7) is 2.79. The number of amides is 2. The third kappa shape index (κ3) is 7.34. The fraction of sp³-hybridized carbons (Fsp3) is 0.474. The minimum absolute atomic E-state index is 0.0175. The molecule has 1 aromatic rings. The number of methoxy groups -OCH3 is 2. The highest BCUT2D eigenvalue weighted by Gasteiger charge is 2.30. The number of hydrogen-bond donors (Lipinski definition) is 2. The highest BCUT2D eigenvalue weighted by Crippen LogP contribution is 2.11. The maximum atomic E-state index is 13.4. The smallest absolute Gasteiger partial charge is 0.328 e. The normalized spacial score (nSPS) is 13.6. The second-order valence-electron chi connectivity index (χ2n) is 6.33.